The Labute approximate surface area is 173 Å². The number of alkyl halides is 6. The lowest BCUT2D eigenvalue weighted by atomic mass is 10.1. The molecule has 1 atom stereocenters. The molecule has 0 aliphatic rings. The average molecular weight is 456 g/mol. The zero-order valence-corrected chi connectivity index (χ0v) is 17.1. The summed E-state index contributed by atoms with van der Waals surface area (Å²) in [6, 6.07) is 9.74. The molecule has 1 unspecified atom stereocenters. The Morgan fingerprint density at radius 3 is 2.07 bits per heavy atom. The van der Waals surface area contributed by atoms with Gasteiger partial charge >= 0.3 is 11.0 Å². The number of aryl methyl sites for hydroxylation is 1. The molecule has 0 amide bonds. The van der Waals surface area contributed by atoms with Gasteiger partial charge in [0.2, 0.25) is 6.29 Å². The fourth-order valence-corrected chi connectivity index (χ4v) is 3.77. The Bertz CT molecular complexity index is 808. The third-order valence-corrected chi connectivity index (χ3v) is 5.04. The topological polar surface area (TPSA) is 18.5 Å². The van der Waals surface area contributed by atoms with Crippen LogP contribution in [0.4, 0.5) is 26.3 Å². The average Bonchev–Trinajstić information content (AvgIpc) is 2.59. The van der Waals surface area contributed by atoms with Gasteiger partial charge in [0.05, 0.1) is 0 Å². The second-order valence-corrected chi connectivity index (χ2v) is 8.15. The number of halogens is 6. The van der Waals surface area contributed by atoms with Gasteiger partial charge in [-0.15, -0.1) is 0 Å². The SMILES string of the molecule is CCCc1cc(SC(F)(F)F)ccc1OC(OC)c1cccc(SC(F)(F)F)c1. The molecule has 0 N–H and O–H groups in total. The normalized spacial score (nSPS) is 13.4. The lowest BCUT2D eigenvalue weighted by molar-refractivity contribution is -0.0570. The van der Waals surface area contributed by atoms with Crippen molar-refractivity contribution in [3.05, 3.63) is 53.6 Å². The quantitative estimate of drug-likeness (QED) is 0.231. The summed E-state index contributed by atoms with van der Waals surface area (Å²) in [5.74, 6) is 0.319. The van der Waals surface area contributed by atoms with Crippen molar-refractivity contribution in [2.75, 3.05) is 7.11 Å². The summed E-state index contributed by atoms with van der Waals surface area (Å²) < 4.78 is 86.8. The number of benzene rings is 2. The van der Waals surface area contributed by atoms with Gasteiger partial charge in [0, 0.05) is 22.5 Å². The van der Waals surface area contributed by atoms with E-state index in [0.29, 0.717) is 29.7 Å². The van der Waals surface area contributed by atoms with Crippen LogP contribution in [0, 0.1) is 0 Å². The van der Waals surface area contributed by atoms with Crippen LogP contribution in [0.25, 0.3) is 0 Å². The van der Waals surface area contributed by atoms with E-state index in [1.54, 1.807) is 6.07 Å². The van der Waals surface area contributed by atoms with Gasteiger partial charge < -0.3 is 9.47 Å². The number of methoxy groups -OCH3 is 1. The van der Waals surface area contributed by atoms with Crippen LogP contribution in [-0.4, -0.2) is 18.1 Å². The van der Waals surface area contributed by atoms with Crippen molar-refractivity contribution in [2.24, 2.45) is 0 Å². The lowest BCUT2D eigenvalue weighted by Gasteiger charge is -2.21. The Morgan fingerprint density at radius 1 is 0.897 bits per heavy atom. The van der Waals surface area contributed by atoms with E-state index in [4.69, 9.17) is 9.47 Å². The van der Waals surface area contributed by atoms with Gasteiger partial charge in [-0.05, 0) is 65.8 Å². The first-order valence-electron chi connectivity index (χ1n) is 8.44. The van der Waals surface area contributed by atoms with Gasteiger partial charge in [-0.2, -0.15) is 26.3 Å². The Balaban J connectivity index is 2.27. The van der Waals surface area contributed by atoms with E-state index in [9.17, 15) is 26.3 Å². The van der Waals surface area contributed by atoms with Gasteiger partial charge in [0.25, 0.3) is 0 Å². The maximum atomic E-state index is 12.6. The number of rotatable bonds is 8. The first-order valence-corrected chi connectivity index (χ1v) is 10.1. The second-order valence-electron chi connectivity index (χ2n) is 5.87. The molecule has 10 heteroatoms. The van der Waals surface area contributed by atoms with Gasteiger partial charge in [-0.1, -0.05) is 25.5 Å². The highest BCUT2D eigenvalue weighted by atomic mass is 32.2. The molecule has 0 fully saturated rings. The molecule has 0 saturated carbocycles. The van der Waals surface area contributed by atoms with Crippen molar-refractivity contribution in [3.8, 4) is 5.75 Å². The van der Waals surface area contributed by atoms with E-state index >= 15 is 0 Å². The summed E-state index contributed by atoms with van der Waals surface area (Å²) in [4.78, 5) is 0.0113. The number of hydrogen-bond acceptors (Lipinski definition) is 4. The monoisotopic (exact) mass is 456 g/mol. The predicted molar refractivity (Wildman–Crippen MR) is 101 cm³/mol. The Kier molecular flexibility index (Phi) is 8.18. The van der Waals surface area contributed by atoms with Crippen molar-refractivity contribution in [2.45, 2.75) is 46.9 Å². The number of thioether (sulfide) groups is 2. The predicted octanol–water partition coefficient (Wildman–Crippen LogP) is 7.59. The van der Waals surface area contributed by atoms with Crippen molar-refractivity contribution >= 4 is 23.5 Å². The molecular weight excluding hydrogens is 438 g/mol. The third kappa shape index (κ3) is 8.02. The minimum Gasteiger partial charge on any atom is -0.460 e. The number of ether oxygens (including phenoxy) is 2. The van der Waals surface area contributed by atoms with Crippen molar-refractivity contribution in [1.82, 2.24) is 0 Å². The summed E-state index contributed by atoms with van der Waals surface area (Å²) in [6.07, 6.45) is 0.133. The summed E-state index contributed by atoms with van der Waals surface area (Å²) >= 11 is -0.471. The Morgan fingerprint density at radius 2 is 1.52 bits per heavy atom. The summed E-state index contributed by atoms with van der Waals surface area (Å²) in [7, 11) is 1.33. The van der Waals surface area contributed by atoms with E-state index < -0.39 is 17.3 Å². The maximum Gasteiger partial charge on any atom is 0.446 e. The van der Waals surface area contributed by atoms with Gasteiger partial charge in [0.1, 0.15) is 5.75 Å². The minimum atomic E-state index is -4.43. The molecule has 0 radical (unpaired) electrons. The van der Waals surface area contributed by atoms with Crippen LogP contribution in [-0.2, 0) is 11.2 Å². The summed E-state index contributed by atoms with van der Waals surface area (Å²) in [5, 5.41) is 0. The van der Waals surface area contributed by atoms with Crippen LogP contribution in [0.15, 0.2) is 52.3 Å². The molecule has 0 bridgehead atoms. The number of hydrogen-bond donors (Lipinski definition) is 0. The minimum absolute atomic E-state index is 0.0219. The van der Waals surface area contributed by atoms with Crippen LogP contribution >= 0.6 is 23.5 Å². The van der Waals surface area contributed by atoms with E-state index in [0.717, 1.165) is 0 Å². The first-order chi connectivity index (χ1) is 13.5. The molecule has 2 aromatic carbocycles. The fourth-order valence-electron chi connectivity index (χ4n) is 2.56. The molecule has 0 saturated heterocycles. The first kappa shape index (κ1) is 23.8. The van der Waals surface area contributed by atoms with Crippen LogP contribution in [0.1, 0.15) is 30.8 Å². The molecular formula is C19H18F6O2S2. The highest BCUT2D eigenvalue weighted by Crippen LogP contribution is 2.40. The van der Waals surface area contributed by atoms with E-state index in [1.807, 2.05) is 6.92 Å². The smallest absolute Gasteiger partial charge is 0.446 e. The molecule has 0 spiro atoms. The van der Waals surface area contributed by atoms with Gasteiger partial charge in [-0.25, -0.2) is 0 Å². The van der Waals surface area contributed by atoms with E-state index in [1.165, 1.54) is 43.5 Å². The standard InChI is InChI=1S/C19H18F6O2S2/c1-3-5-12-10-15(29-19(23,24)25)8-9-16(12)27-17(26-2)13-6-4-7-14(11-13)28-18(20,21)22/h4,6-11,17H,3,5H2,1-2H3. The van der Waals surface area contributed by atoms with Crippen LogP contribution in [0.3, 0.4) is 0 Å². The molecule has 2 aromatic rings. The van der Waals surface area contributed by atoms with E-state index in [-0.39, 0.29) is 33.3 Å². The Hall–Kier alpha value is -1.52. The summed E-state index contributed by atoms with van der Waals surface area (Å²) in [5.41, 5.74) is -7.91. The largest absolute Gasteiger partial charge is 0.460 e. The van der Waals surface area contributed by atoms with Crippen LogP contribution in [0.5, 0.6) is 5.75 Å². The molecule has 0 aliphatic heterocycles. The molecule has 160 valence electrons. The van der Waals surface area contributed by atoms with Crippen LogP contribution in [0.2, 0.25) is 0 Å². The molecule has 0 aromatic heterocycles. The molecule has 2 rings (SSSR count). The lowest BCUT2D eigenvalue weighted by Crippen LogP contribution is -2.11. The van der Waals surface area contributed by atoms with Crippen molar-refractivity contribution in [3.63, 3.8) is 0 Å². The van der Waals surface area contributed by atoms with Crippen molar-refractivity contribution in [1.29, 1.82) is 0 Å². The zero-order valence-electron chi connectivity index (χ0n) is 15.4. The van der Waals surface area contributed by atoms with Crippen molar-refractivity contribution < 1.29 is 35.8 Å². The second kappa shape index (κ2) is 9.99. The van der Waals surface area contributed by atoms with E-state index in [2.05, 4.69) is 0 Å². The molecule has 0 aliphatic carbocycles. The fraction of sp³-hybridized carbons (Fsp3) is 0.368. The van der Waals surface area contributed by atoms with Gasteiger partial charge in [-0.3, -0.25) is 0 Å². The zero-order chi connectivity index (χ0) is 21.7. The highest BCUT2D eigenvalue weighted by molar-refractivity contribution is 8.00. The van der Waals surface area contributed by atoms with Gasteiger partial charge in [0.15, 0.2) is 0 Å². The highest BCUT2D eigenvalue weighted by Gasteiger charge is 2.30. The third-order valence-electron chi connectivity index (χ3n) is 3.60. The maximum absolute atomic E-state index is 12.6. The molecule has 29 heavy (non-hydrogen) atoms. The molecule has 0 heterocycles. The van der Waals surface area contributed by atoms with Crippen LogP contribution < -0.4 is 4.74 Å². The molecule has 2 nitrogen and oxygen atoms in total. The summed E-state index contributed by atoms with van der Waals surface area (Å²) in [6.45, 7) is 1.87.